The molecule has 0 bridgehead atoms. The molecule has 0 saturated heterocycles. The minimum absolute atomic E-state index is 0.0118. The zero-order valence-corrected chi connectivity index (χ0v) is 29.4. The maximum atomic E-state index is 14.8. The van der Waals surface area contributed by atoms with Gasteiger partial charge in [-0.05, 0) is 0 Å². The first kappa shape index (κ1) is 31.7. The first-order chi connectivity index (χ1) is 18.9. The van der Waals surface area contributed by atoms with Crippen LogP contribution in [0.25, 0.3) is 0 Å². The van der Waals surface area contributed by atoms with Crippen LogP contribution in [0.4, 0.5) is 0 Å². The summed E-state index contributed by atoms with van der Waals surface area (Å²) in [4.78, 5) is 59.2. The molecule has 0 amide bonds. The molecule has 4 rings (SSSR count). The summed E-state index contributed by atoms with van der Waals surface area (Å²) in [5.74, 6) is 0.0473. The molecule has 0 aromatic carbocycles. The molecule has 4 aliphatic carbocycles. The van der Waals surface area contributed by atoms with Gasteiger partial charge < -0.3 is 0 Å². The van der Waals surface area contributed by atoms with Crippen molar-refractivity contribution in [2.24, 2.45) is 23.7 Å². The molecule has 0 atom stereocenters. The van der Waals surface area contributed by atoms with Crippen molar-refractivity contribution in [2.45, 2.75) is 157 Å². The van der Waals surface area contributed by atoms with Crippen LogP contribution in [0.15, 0.2) is 0 Å². The summed E-state index contributed by atoms with van der Waals surface area (Å²) >= 11 is -7.85. The Morgan fingerprint density at radius 1 is 0.410 bits per heavy atom. The molecule has 6 heteroatoms. The Kier molecular flexibility index (Phi) is 12.0. The summed E-state index contributed by atoms with van der Waals surface area (Å²) in [6.07, 6.45) is 20.7. The van der Waals surface area contributed by atoms with Gasteiger partial charge in [0.1, 0.15) is 0 Å². The molecule has 0 unspecified atom stereocenters. The summed E-state index contributed by atoms with van der Waals surface area (Å²) in [7, 11) is 0. The Morgan fingerprint density at radius 3 is 0.795 bits per heavy atom. The number of hydrogen-bond donors (Lipinski definition) is 0. The number of carbonyl (C=O) groups excluding carboxylic acids is 4. The molecular weight excluding hydrogens is 606 g/mol. The average Bonchev–Trinajstić information content (AvgIpc) is 3.02. The molecule has 0 spiro atoms. The normalized spacial score (nSPS) is 23.4. The summed E-state index contributed by atoms with van der Waals surface area (Å²) in [6.45, 7) is 4.22. The number of rotatable bonds is 12. The monoisotopic (exact) mass is 664 g/mol. The fourth-order valence-corrected chi connectivity index (χ4v) is 51.0. The van der Waals surface area contributed by atoms with Crippen LogP contribution in [0.5, 0.6) is 0 Å². The Hall–Kier alpha value is -0.234. The molecule has 4 saturated carbocycles. The summed E-state index contributed by atoms with van der Waals surface area (Å²) in [6, 6.07) is 0. The predicted molar refractivity (Wildman–Crippen MR) is 164 cm³/mol. The van der Waals surface area contributed by atoms with Crippen molar-refractivity contribution in [3.8, 4) is 0 Å². The van der Waals surface area contributed by atoms with Gasteiger partial charge in [-0.1, -0.05) is 0 Å². The minimum atomic E-state index is -3.92. The standard InChI is InChI=1S/C33H56Ge2O4/c1-3-34(30(36)26-17-9-5-10-18-26,31(37)27-19-11-6-12-20-27)25-35(4-2,32(38)28-21-13-7-14-22-28)33(39)29-23-15-8-16-24-29/h26-29H,3-25H2,1-2H3. The molecule has 0 aliphatic heterocycles. The Morgan fingerprint density at radius 2 is 0.615 bits per heavy atom. The van der Waals surface area contributed by atoms with E-state index >= 15 is 0 Å². The third-order valence-corrected chi connectivity index (χ3v) is 43.7. The zero-order valence-electron chi connectivity index (χ0n) is 25.2. The van der Waals surface area contributed by atoms with Gasteiger partial charge in [-0.15, -0.1) is 0 Å². The summed E-state index contributed by atoms with van der Waals surface area (Å²) in [5.41, 5.74) is 0. The Labute approximate surface area is 243 Å². The molecule has 0 N–H and O–H groups in total. The van der Waals surface area contributed by atoms with Crippen molar-refractivity contribution in [1.29, 1.82) is 0 Å². The quantitative estimate of drug-likeness (QED) is 0.198. The zero-order chi connectivity index (χ0) is 27.9. The van der Waals surface area contributed by atoms with Gasteiger partial charge in [0.15, 0.2) is 0 Å². The number of hydrogen-bond acceptors (Lipinski definition) is 4. The topological polar surface area (TPSA) is 68.3 Å². The van der Waals surface area contributed by atoms with Crippen molar-refractivity contribution in [1.82, 2.24) is 0 Å². The third kappa shape index (κ3) is 6.88. The van der Waals surface area contributed by atoms with Gasteiger partial charge in [0.25, 0.3) is 0 Å². The second-order valence-electron chi connectivity index (χ2n) is 13.8. The van der Waals surface area contributed by atoms with Crippen molar-refractivity contribution in [3.05, 3.63) is 0 Å². The molecule has 4 nitrogen and oxygen atoms in total. The van der Waals surface area contributed by atoms with Crippen molar-refractivity contribution < 1.29 is 19.2 Å². The van der Waals surface area contributed by atoms with Gasteiger partial charge in [-0.25, -0.2) is 0 Å². The van der Waals surface area contributed by atoms with E-state index in [0.717, 1.165) is 103 Å². The van der Waals surface area contributed by atoms with Gasteiger partial charge in [0.2, 0.25) is 0 Å². The van der Waals surface area contributed by atoms with Crippen molar-refractivity contribution in [3.63, 3.8) is 0 Å². The molecule has 0 aromatic rings. The van der Waals surface area contributed by atoms with Crippen molar-refractivity contribution >= 4 is 45.0 Å². The maximum absolute atomic E-state index is 14.8. The van der Waals surface area contributed by atoms with Gasteiger partial charge in [-0.2, -0.15) is 0 Å². The van der Waals surface area contributed by atoms with Gasteiger partial charge >= 0.3 is 245 Å². The predicted octanol–water partition coefficient (Wildman–Crippen LogP) is 8.22. The van der Waals surface area contributed by atoms with Crippen LogP contribution < -0.4 is 0 Å². The van der Waals surface area contributed by atoms with E-state index in [1.807, 2.05) is 0 Å². The molecule has 4 fully saturated rings. The second kappa shape index (κ2) is 14.8. The first-order valence-electron chi connectivity index (χ1n) is 17.1. The molecule has 0 radical (unpaired) electrons. The Bertz CT molecular complexity index is 729. The van der Waals surface area contributed by atoms with E-state index in [1.54, 1.807) is 0 Å². The van der Waals surface area contributed by atoms with Crippen LogP contribution in [-0.2, 0) is 19.2 Å². The van der Waals surface area contributed by atoms with Crippen LogP contribution in [0.3, 0.4) is 0 Å². The van der Waals surface area contributed by atoms with Crippen LogP contribution >= 0.6 is 0 Å². The van der Waals surface area contributed by atoms with Crippen LogP contribution in [0.2, 0.25) is 14.6 Å². The van der Waals surface area contributed by atoms with E-state index < -0.39 is 26.5 Å². The fourth-order valence-electron chi connectivity index (χ4n) is 9.08. The SMILES string of the molecule is C[CH2][Ge]([CH2][Ge]([CH2]C)([C](=O)C1CCCCC1)[C](=O)C1CCCCC1)([C](=O)C1CCCCC1)[C](=O)C1CCCCC1. The summed E-state index contributed by atoms with van der Waals surface area (Å²) in [5, 5.41) is 1.32. The third-order valence-electron chi connectivity index (χ3n) is 11.6. The van der Waals surface area contributed by atoms with E-state index in [2.05, 4.69) is 13.8 Å². The van der Waals surface area contributed by atoms with Gasteiger partial charge in [-0.3, -0.25) is 0 Å². The van der Waals surface area contributed by atoms with E-state index in [4.69, 9.17) is 0 Å². The first-order valence-corrected chi connectivity index (χ1v) is 27.2. The molecule has 0 heterocycles. The van der Waals surface area contributed by atoms with Gasteiger partial charge in [0.05, 0.1) is 0 Å². The van der Waals surface area contributed by atoms with Gasteiger partial charge in [0, 0.05) is 0 Å². The molecule has 220 valence electrons. The molecule has 4 aliphatic rings. The number of carbonyl (C=O) groups is 4. The molecule has 0 aromatic heterocycles. The average molecular weight is 662 g/mol. The van der Waals surface area contributed by atoms with E-state index in [1.165, 1.54) is 25.7 Å². The molecular formula is C33H56Ge2O4. The van der Waals surface area contributed by atoms with E-state index in [9.17, 15) is 19.2 Å². The van der Waals surface area contributed by atoms with Crippen LogP contribution in [0, 0.1) is 23.7 Å². The van der Waals surface area contributed by atoms with E-state index in [0.29, 0.717) is 33.1 Å². The summed E-state index contributed by atoms with van der Waals surface area (Å²) < 4.78 is 1.82. The van der Waals surface area contributed by atoms with Crippen molar-refractivity contribution in [2.75, 3.05) is 0 Å². The van der Waals surface area contributed by atoms with Crippen LogP contribution in [-0.4, -0.2) is 45.0 Å². The fraction of sp³-hybridized carbons (Fsp3) is 0.879. The van der Waals surface area contributed by atoms with Crippen LogP contribution in [0.1, 0.15) is 142 Å². The van der Waals surface area contributed by atoms with E-state index in [-0.39, 0.29) is 23.7 Å². The molecule has 39 heavy (non-hydrogen) atoms. The Balaban J connectivity index is 1.79. The second-order valence-corrected chi connectivity index (χ2v) is 34.6.